The van der Waals surface area contributed by atoms with Gasteiger partial charge in [0.1, 0.15) is 5.69 Å². The third-order valence-electron chi connectivity index (χ3n) is 4.01. The van der Waals surface area contributed by atoms with Gasteiger partial charge in [0.05, 0.1) is 18.8 Å². The van der Waals surface area contributed by atoms with E-state index < -0.39 is 0 Å². The van der Waals surface area contributed by atoms with Crippen molar-refractivity contribution in [3.05, 3.63) is 76.5 Å². The van der Waals surface area contributed by atoms with Crippen LogP contribution in [0.4, 0.5) is 0 Å². The van der Waals surface area contributed by atoms with Crippen LogP contribution in [0.15, 0.2) is 59.7 Å². The predicted octanol–water partition coefficient (Wildman–Crippen LogP) is 1.05. The van der Waals surface area contributed by atoms with E-state index in [1.165, 1.54) is 16.8 Å². The third kappa shape index (κ3) is 4.89. The lowest BCUT2D eigenvalue weighted by molar-refractivity contribution is 0.0945. The van der Waals surface area contributed by atoms with Gasteiger partial charge in [0.2, 0.25) is 0 Å². The molecule has 0 saturated carbocycles. The zero-order valence-corrected chi connectivity index (χ0v) is 15.0. The van der Waals surface area contributed by atoms with E-state index in [0.29, 0.717) is 26.1 Å². The summed E-state index contributed by atoms with van der Waals surface area (Å²) in [6.07, 6.45) is 4.30. The zero-order valence-electron chi connectivity index (χ0n) is 15.0. The van der Waals surface area contributed by atoms with Crippen LogP contribution in [0, 0.1) is 0 Å². The molecule has 8 nitrogen and oxygen atoms in total. The predicted molar refractivity (Wildman–Crippen MR) is 100.0 cm³/mol. The first-order chi connectivity index (χ1) is 13.2. The Bertz CT molecular complexity index is 933. The molecule has 3 aromatic rings. The normalized spacial score (nSPS) is 10.7. The van der Waals surface area contributed by atoms with E-state index in [-0.39, 0.29) is 17.2 Å². The number of rotatable bonds is 8. The Hall–Kier alpha value is -3.26. The highest BCUT2D eigenvalue weighted by atomic mass is 16.5. The Balaban J connectivity index is 1.54. The first-order valence-corrected chi connectivity index (χ1v) is 8.61. The van der Waals surface area contributed by atoms with Crippen LogP contribution in [0.5, 0.6) is 0 Å². The maximum atomic E-state index is 12.2. The van der Waals surface area contributed by atoms with Crippen molar-refractivity contribution in [1.29, 1.82) is 0 Å². The zero-order chi connectivity index (χ0) is 19.1. The number of hydrogen-bond acceptors (Lipinski definition) is 5. The van der Waals surface area contributed by atoms with Crippen molar-refractivity contribution >= 4 is 5.91 Å². The Kier molecular flexibility index (Phi) is 6.11. The molecule has 1 amide bonds. The van der Waals surface area contributed by atoms with E-state index in [1.807, 2.05) is 36.5 Å². The number of carbonyl (C=O) groups is 1. The van der Waals surface area contributed by atoms with Crippen molar-refractivity contribution in [3.8, 4) is 5.69 Å². The summed E-state index contributed by atoms with van der Waals surface area (Å²) < 4.78 is 7.96. The smallest absolute Gasteiger partial charge is 0.271 e. The van der Waals surface area contributed by atoms with Crippen molar-refractivity contribution in [3.63, 3.8) is 0 Å². The fourth-order valence-electron chi connectivity index (χ4n) is 2.56. The Morgan fingerprint density at radius 2 is 2.00 bits per heavy atom. The van der Waals surface area contributed by atoms with Crippen LogP contribution in [0.3, 0.4) is 0 Å². The molecule has 140 valence electrons. The molecular formula is C19H21N5O3. The van der Waals surface area contributed by atoms with E-state index >= 15 is 0 Å². The molecule has 0 saturated heterocycles. The molecule has 3 rings (SSSR count). The van der Waals surface area contributed by atoms with Gasteiger partial charge >= 0.3 is 0 Å². The topological polar surface area (TPSA) is 91.0 Å². The maximum absolute atomic E-state index is 12.2. The molecule has 0 unspecified atom stereocenters. The fourth-order valence-corrected chi connectivity index (χ4v) is 2.56. The summed E-state index contributed by atoms with van der Waals surface area (Å²) >= 11 is 0. The minimum atomic E-state index is -0.311. The van der Waals surface area contributed by atoms with Gasteiger partial charge in [0, 0.05) is 32.1 Å². The molecule has 1 N–H and O–H groups in total. The summed E-state index contributed by atoms with van der Waals surface area (Å²) in [5.74, 6) is -0.311. The fraction of sp³-hybridized carbons (Fsp3) is 0.263. The maximum Gasteiger partial charge on any atom is 0.271 e. The minimum Gasteiger partial charge on any atom is -0.383 e. The van der Waals surface area contributed by atoms with Crippen molar-refractivity contribution in [2.45, 2.75) is 13.0 Å². The van der Waals surface area contributed by atoms with E-state index in [0.717, 1.165) is 11.3 Å². The first-order valence-electron chi connectivity index (χ1n) is 8.61. The molecule has 0 aliphatic rings. The van der Waals surface area contributed by atoms with Gasteiger partial charge in [0.25, 0.3) is 11.5 Å². The van der Waals surface area contributed by atoms with Crippen molar-refractivity contribution in [2.75, 3.05) is 20.3 Å². The van der Waals surface area contributed by atoms with Crippen LogP contribution in [-0.2, 0) is 17.7 Å². The van der Waals surface area contributed by atoms with E-state index in [9.17, 15) is 9.59 Å². The van der Waals surface area contributed by atoms with Crippen LogP contribution in [-0.4, -0.2) is 45.7 Å². The summed E-state index contributed by atoms with van der Waals surface area (Å²) in [5, 5.41) is 11.1. The summed E-state index contributed by atoms with van der Waals surface area (Å²) in [7, 11) is 1.54. The molecule has 0 atom stereocenters. The standard InChI is InChI=1S/C19H21N5O3/c1-27-14-13-24-18(25)8-7-17(22-24)19(26)20-11-9-15-3-5-16(6-4-15)23-12-2-10-21-23/h2-8,10,12H,9,11,13-14H2,1H3,(H,20,26). The van der Waals surface area contributed by atoms with Crippen LogP contribution >= 0.6 is 0 Å². The minimum absolute atomic E-state index is 0.208. The third-order valence-corrected chi connectivity index (χ3v) is 4.01. The highest BCUT2D eigenvalue weighted by Crippen LogP contribution is 2.08. The monoisotopic (exact) mass is 367 g/mol. The molecule has 1 aromatic carbocycles. The van der Waals surface area contributed by atoms with Crippen LogP contribution in [0.1, 0.15) is 16.1 Å². The van der Waals surface area contributed by atoms with Gasteiger partial charge in [-0.25, -0.2) is 9.36 Å². The molecule has 0 aliphatic carbocycles. The van der Waals surface area contributed by atoms with Gasteiger partial charge < -0.3 is 10.1 Å². The highest BCUT2D eigenvalue weighted by molar-refractivity contribution is 5.91. The number of ether oxygens (including phenoxy) is 1. The Morgan fingerprint density at radius 1 is 1.19 bits per heavy atom. The molecule has 0 aliphatic heterocycles. The number of hydrogen-bond donors (Lipinski definition) is 1. The number of nitrogens with one attached hydrogen (secondary N) is 1. The van der Waals surface area contributed by atoms with Gasteiger partial charge in [-0.3, -0.25) is 9.59 Å². The molecule has 0 spiro atoms. The summed E-state index contributed by atoms with van der Waals surface area (Å²) in [4.78, 5) is 24.0. The Labute approximate surface area is 156 Å². The lowest BCUT2D eigenvalue weighted by Crippen LogP contribution is -2.31. The lowest BCUT2D eigenvalue weighted by atomic mass is 10.1. The average molecular weight is 367 g/mol. The largest absolute Gasteiger partial charge is 0.383 e. The quantitative estimate of drug-likeness (QED) is 0.643. The van der Waals surface area contributed by atoms with Crippen LogP contribution < -0.4 is 10.9 Å². The van der Waals surface area contributed by atoms with Crippen LogP contribution in [0.25, 0.3) is 5.69 Å². The second-order valence-corrected chi connectivity index (χ2v) is 5.90. The summed E-state index contributed by atoms with van der Waals surface area (Å²) in [6.45, 7) is 1.13. The second kappa shape index (κ2) is 8.91. The van der Waals surface area contributed by atoms with Gasteiger partial charge in [-0.05, 0) is 36.2 Å². The van der Waals surface area contributed by atoms with Crippen molar-refractivity contribution in [2.24, 2.45) is 0 Å². The molecule has 0 fully saturated rings. The van der Waals surface area contributed by atoms with E-state index in [4.69, 9.17) is 4.74 Å². The molecule has 27 heavy (non-hydrogen) atoms. The van der Waals surface area contributed by atoms with Gasteiger partial charge in [0.15, 0.2) is 0 Å². The number of amides is 1. The lowest BCUT2D eigenvalue weighted by Gasteiger charge is -2.08. The van der Waals surface area contributed by atoms with Gasteiger partial charge in [-0.1, -0.05) is 12.1 Å². The molecule has 2 aromatic heterocycles. The number of benzene rings is 1. The molecule has 0 bridgehead atoms. The summed E-state index contributed by atoms with van der Waals surface area (Å²) in [6, 6.07) is 12.6. The molecular weight excluding hydrogens is 346 g/mol. The van der Waals surface area contributed by atoms with Crippen molar-refractivity contribution < 1.29 is 9.53 Å². The second-order valence-electron chi connectivity index (χ2n) is 5.90. The Morgan fingerprint density at radius 3 is 2.70 bits per heavy atom. The average Bonchev–Trinajstić information content (AvgIpc) is 3.22. The SMILES string of the molecule is COCCn1nc(C(=O)NCCc2ccc(-n3cccn3)cc2)ccc1=O. The number of methoxy groups -OCH3 is 1. The highest BCUT2D eigenvalue weighted by Gasteiger charge is 2.09. The molecule has 8 heteroatoms. The van der Waals surface area contributed by atoms with Gasteiger partial charge in [-0.2, -0.15) is 10.2 Å². The molecule has 2 heterocycles. The first kappa shape index (κ1) is 18.5. The molecule has 0 radical (unpaired) electrons. The van der Waals surface area contributed by atoms with Crippen molar-refractivity contribution in [1.82, 2.24) is 24.9 Å². The van der Waals surface area contributed by atoms with E-state index in [1.54, 1.807) is 18.0 Å². The van der Waals surface area contributed by atoms with E-state index in [2.05, 4.69) is 15.5 Å². The number of aromatic nitrogens is 4. The van der Waals surface area contributed by atoms with Gasteiger partial charge in [-0.15, -0.1) is 0 Å². The number of nitrogens with zero attached hydrogens (tertiary/aromatic N) is 4. The van der Waals surface area contributed by atoms with Crippen LogP contribution in [0.2, 0.25) is 0 Å². The summed E-state index contributed by atoms with van der Waals surface area (Å²) in [5.41, 5.74) is 2.03. The number of carbonyl (C=O) groups excluding carboxylic acids is 1.